The van der Waals surface area contributed by atoms with Gasteiger partial charge in [-0.25, -0.2) is 4.98 Å². The number of aromatic nitrogens is 3. The fourth-order valence-electron chi connectivity index (χ4n) is 3.92. The van der Waals surface area contributed by atoms with E-state index in [1.54, 1.807) is 17.2 Å². The molecular weight excluding hydrogens is 376 g/mol. The summed E-state index contributed by atoms with van der Waals surface area (Å²) < 4.78 is 7.66. The van der Waals surface area contributed by atoms with Gasteiger partial charge in [0, 0.05) is 26.2 Å². The van der Waals surface area contributed by atoms with E-state index in [0.717, 1.165) is 41.2 Å². The van der Waals surface area contributed by atoms with Crippen LogP contribution in [0.1, 0.15) is 27.4 Å². The topological polar surface area (TPSA) is 60.2 Å². The van der Waals surface area contributed by atoms with Crippen molar-refractivity contribution in [2.45, 2.75) is 19.5 Å². The van der Waals surface area contributed by atoms with Gasteiger partial charge in [-0.05, 0) is 41.5 Å². The van der Waals surface area contributed by atoms with Crippen molar-refractivity contribution in [3.05, 3.63) is 89.5 Å². The summed E-state index contributed by atoms with van der Waals surface area (Å²) in [5.74, 6) is 1.67. The highest BCUT2D eigenvalue weighted by Gasteiger charge is 2.21. The van der Waals surface area contributed by atoms with Crippen LogP contribution in [0.2, 0.25) is 0 Å². The van der Waals surface area contributed by atoms with E-state index in [2.05, 4.69) is 11.1 Å². The summed E-state index contributed by atoms with van der Waals surface area (Å²) in [6, 6.07) is 19.6. The fraction of sp³-hybridized carbons (Fsp3) is 0.208. The van der Waals surface area contributed by atoms with E-state index >= 15 is 0 Å². The SMILES string of the molecule is Cn1c(CN(Cc2ccc3c(c2)CCO3)C(=O)c2ccccn2)nc2ccccc21. The first-order valence-electron chi connectivity index (χ1n) is 10.0. The summed E-state index contributed by atoms with van der Waals surface area (Å²) in [4.78, 5) is 24.1. The first-order valence-corrected chi connectivity index (χ1v) is 10.0. The molecule has 2 aromatic heterocycles. The summed E-state index contributed by atoms with van der Waals surface area (Å²) in [5.41, 5.74) is 4.67. The zero-order valence-electron chi connectivity index (χ0n) is 16.8. The summed E-state index contributed by atoms with van der Waals surface area (Å²) >= 11 is 0. The highest BCUT2D eigenvalue weighted by Crippen LogP contribution is 2.27. The van der Waals surface area contributed by atoms with Gasteiger partial charge in [0.1, 0.15) is 17.3 Å². The zero-order chi connectivity index (χ0) is 20.5. The third-order valence-corrected chi connectivity index (χ3v) is 5.51. The summed E-state index contributed by atoms with van der Waals surface area (Å²) in [5, 5.41) is 0. The van der Waals surface area contributed by atoms with E-state index in [-0.39, 0.29) is 5.91 Å². The molecule has 150 valence electrons. The van der Waals surface area contributed by atoms with Gasteiger partial charge in [0.2, 0.25) is 0 Å². The molecule has 3 heterocycles. The van der Waals surface area contributed by atoms with Crippen molar-refractivity contribution in [1.82, 2.24) is 19.4 Å². The zero-order valence-corrected chi connectivity index (χ0v) is 16.8. The molecule has 1 aliphatic rings. The Balaban J connectivity index is 1.49. The molecule has 0 bridgehead atoms. The third kappa shape index (κ3) is 3.41. The van der Waals surface area contributed by atoms with E-state index < -0.39 is 0 Å². The van der Waals surface area contributed by atoms with Crippen LogP contribution in [0, 0.1) is 0 Å². The minimum absolute atomic E-state index is 0.112. The Kier molecular flexibility index (Phi) is 4.67. The van der Waals surface area contributed by atoms with E-state index in [1.165, 1.54) is 5.56 Å². The van der Waals surface area contributed by atoms with Crippen molar-refractivity contribution in [1.29, 1.82) is 0 Å². The molecule has 5 rings (SSSR count). The molecule has 4 aromatic rings. The molecule has 1 amide bonds. The van der Waals surface area contributed by atoms with Crippen molar-refractivity contribution in [3.63, 3.8) is 0 Å². The lowest BCUT2D eigenvalue weighted by Crippen LogP contribution is -2.31. The molecule has 0 fully saturated rings. The van der Waals surface area contributed by atoms with Crippen LogP contribution < -0.4 is 4.74 Å². The molecule has 6 nitrogen and oxygen atoms in total. The second-order valence-corrected chi connectivity index (χ2v) is 7.49. The number of fused-ring (bicyclic) bond motifs is 2. The van der Waals surface area contributed by atoms with Crippen LogP contribution in [0.3, 0.4) is 0 Å². The van der Waals surface area contributed by atoms with Crippen molar-refractivity contribution >= 4 is 16.9 Å². The van der Waals surface area contributed by atoms with Gasteiger partial charge < -0.3 is 14.2 Å². The fourth-order valence-corrected chi connectivity index (χ4v) is 3.92. The smallest absolute Gasteiger partial charge is 0.273 e. The number of carbonyl (C=O) groups excluding carboxylic acids is 1. The van der Waals surface area contributed by atoms with Gasteiger partial charge in [-0.15, -0.1) is 0 Å². The van der Waals surface area contributed by atoms with Crippen LogP contribution in [0.4, 0.5) is 0 Å². The first kappa shape index (κ1) is 18.4. The van der Waals surface area contributed by atoms with Crippen LogP contribution >= 0.6 is 0 Å². The number of nitrogens with zero attached hydrogens (tertiary/aromatic N) is 4. The standard InChI is InChI=1S/C24H22N4O2/c1-27-21-8-3-2-6-19(21)26-23(27)16-28(24(29)20-7-4-5-12-25-20)15-17-9-10-22-18(14-17)11-13-30-22/h2-10,12,14H,11,13,15-16H2,1H3. The average molecular weight is 398 g/mol. The molecule has 1 aliphatic heterocycles. The van der Waals surface area contributed by atoms with Crippen molar-refractivity contribution < 1.29 is 9.53 Å². The van der Waals surface area contributed by atoms with Gasteiger partial charge >= 0.3 is 0 Å². The molecule has 0 saturated carbocycles. The lowest BCUT2D eigenvalue weighted by molar-refractivity contribution is 0.0718. The molecule has 30 heavy (non-hydrogen) atoms. The average Bonchev–Trinajstić information content (AvgIpc) is 3.38. The summed E-state index contributed by atoms with van der Waals surface area (Å²) in [6.07, 6.45) is 2.55. The second-order valence-electron chi connectivity index (χ2n) is 7.49. The highest BCUT2D eigenvalue weighted by molar-refractivity contribution is 5.92. The van der Waals surface area contributed by atoms with E-state index in [1.807, 2.05) is 60.1 Å². The molecule has 0 spiro atoms. The van der Waals surface area contributed by atoms with Crippen LogP contribution in [-0.4, -0.2) is 31.9 Å². The summed E-state index contributed by atoms with van der Waals surface area (Å²) in [7, 11) is 1.99. The lowest BCUT2D eigenvalue weighted by atomic mass is 10.1. The van der Waals surface area contributed by atoms with E-state index in [4.69, 9.17) is 9.72 Å². The lowest BCUT2D eigenvalue weighted by Gasteiger charge is -2.22. The Hall–Kier alpha value is -3.67. The van der Waals surface area contributed by atoms with Crippen molar-refractivity contribution in [2.75, 3.05) is 6.61 Å². The van der Waals surface area contributed by atoms with Gasteiger partial charge in [0.25, 0.3) is 5.91 Å². The molecule has 0 unspecified atom stereocenters. The Labute approximate surface area is 174 Å². The van der Waals surface area contributed by atoms with Gasteiger partial charge in [0.05, 0.1) is 24.2 Å². The van der Waals surface area contributed by atoms with Crippen molar-refractivity contribution in [3.8, 4) is 5.75 Å². The van der Waals surface area contributed by atoms with E-state index in [9.17, 15) is 4.79 Å². The number of pyridine rings is 1. The number of rotatable bonds is 5. The minimum atomic E-state index is -0.112. The maximum Gasteiger partial charge on any atom is 0.273 e. The maximum absolute atomic E-state index is 13.3. The number of amides is 1. The number of carbonyl (C=O) groups is 1. The van der Waals surface area contributed by atoms with Crippen LogP contribution in [-0.2, 0) is 26.6 Å². The Morgan fingerprint density at radius 1 is 1.10 bits per heavy atom. The largest absolute Gasteiger partial charge is 0.493 e. The van der Waals surface area contributed by atoms with Gasteiger partial charge in [-0.2, -0.15) is 0 Å². The highest BCUT2D eigenvalue weighted by atomic mass is 16.5. The minimum Gasteiger partial charge on any atom is -0.493 e. The van der Waals surface area contributed by atoms with Crippen LogP contribution in [0.5, 0.6) is 5.75 Å². The second kappa shape index (κ2) is 7.63. The third-order valence-electron chi connectivity index (χ3n) is 5.51. The quantitative estimate of drug-likeness (QED) is 0.514. The molecular formula is C24H22N4O2. The Morgan fingerprint density at radius 3 is 2.80 bits per heavy atom. The van der Waals surface area contributed by atoms with Crippen molar-refractivity contribution in [2.24, 2.45) is 7.05 Å². The Morgan fingerprint density at radius 2 is 1.97 bits per heavy atom. The number of aryl methyl sites for hydroxylation is 1. The molecule has 0 aliphatic carbocycles. The first-order chi connectivity index (χ1) is 14.7. The predicted molar refractivity (Wildman–Crippen MR) is 114 cm³/mol. The van der Waals surface area contributed by atoms with Crippen LogP contribution in [0.25, 0.3) is 11.0 Å². The number of hydrogen-bond donors (Lipinski definition) is 0. The number of imidazole rings is 1. The molecule has 0 saturated heterocycles. The molecule has 2 aromatic carbocycles. The number of ether oxygens (including phenoxy) is 1. The predicted octanol–water partition coefficient (Wildman–Crippen LogP) is 3.75. The normalized spacial score (nSPS) is 12.6. The van der Waals surface area contributed by atoms with Gasteiger partial charge in [0.15, 0.2) is 0 Å². The maximum atomic E-state index is 13.3. The monoisotopic (exact) mass is 398 g/mol. The molecule has 0 atom stereocenters. The number of benzene rings is 2. The molecule has 6 heteroatoms. The number of hydrogen-bond acceptors (Lipinski definition) is 4. The summed E-state index contributed by atoms with van der Waals surface area (Å²) in [6.45, 7) is 1.59. The Bertz CT molecular complexity index is 1220. The van der Waals surface area contributed by atoms with Gasteiger partial charge in [-0.1, -0.05) is 30.3 Å². The molecule has 0 N–H and O–H groups in total. The van der Waals surface area contributed by atoms with Crippen LogP contribution in [0.15, 0.2) is 66.9 Å². The molecule has 0 radical (unpaired) electrons. The van der Waals surface area contributed by atoms with Gasteiger partial charge in [-0.3, -0.25) is 9.78 Å². The van der Waals surface area contributed by atoms with E-state index in [0.29, 0.717) is 18.8 Å². The number of para-hydroxylation sites is 2.